The zero-order valence-corrected chi connectivity index (χ0v) is 9.45. The number of rotatable bonds is 2. The molecule has 1 aromatic rings. The smallest absolute Gasteiger partial charge is 0.371 e. The van der Waals surface area contributed by atoms with Gasteiger partial charge in [0.2, 0.25) is 5.76 Å². The zero-order chi connectivity index (χ0) is 11.4. The van der Waals surface area contributed by atoms with Crippen molar-refractivity contribution in [2.24, 2.45) is 0 Å². The topological polar surface area (TPSA) is 50.4 Å². The molecular formula is C13H18O3. The van der Waals surface area contributed by atoms with Crippen LogP contribution in [0.25, 0.3) is 0 Å². The van der Waals surface area contributed by atoms with E-state index < -0.39 is 5.97 Å². The molecular weight excluding hydrogens is 204 g/mol. The number of hydrogen-bond donors (Lipinski definition) is 1. The van der Waals surface area contributed by atoms with Crippen LogP contribution in [0.1, 0.15) is 67.2 Å². The number of carboxylic acids is 1. The van der Waals surface area contributed by atoms with Gasteiger partial charge in [0.15, 0.2) is 0 Å². The summed E-state index contributed by atoms with van der Waals surface area (Å²) in [6.45, 7) is 0. The largest absolute Gasteiger partial charge is 0.475 e. The minimum absolute atomic E-state index is 0.0667. The number of carboxylic acid groups (broad SMARTS) is 1. The summed E-state index contributed by atoms with van der Waals surface area (Å²) >= 11 is 0. The van der Waals surface area contributed by atoms with Gasteiger partial charge in [-0.1, -0.05) is 32.1 Å². The molecule has 1 aliphatic rings. The fourth-order valence-corrected chi connectivity index (χ4v) is 2.43. The molecule has 1 aliphatic carbocycles. The van der Waals surface area contributed by atoms with Crippen molar-refractivity contribution in [3.8, 4) is 0 Å². The van der Waals surface area contributed by atoms with E-state index in [9.17, 15) is 4.79 Å². The van der Waals surface area contributed by atoms with Gasteiger partial charge in [0.1, 0.15) is 5.76 Å². The highest BCUT2D eigenvalue weighted by Gasteiger charge is 2.18. The molecule has 1 fully saturated rings. The first-order valence-electron chi connectivity index (χ1n) is 6.10. The van der Waals surface area contributed by atoms with Crippen molar-refractivity contribution in [1.29, 1.82) is 0 Å². The third-order valence-electron chi connectivity index (χ3n) is 3.35. The second kappa shape index (κ2) is 5.19. The van der Waals surface area contributed by atoms with Crippen LogP contribution >= 0.6 is 0 Å². The number of furan rings is 1. The summed E-state index contributed by atoms with van der Waals surface area (Å²) in [5.41, 5.74) is 0. The summed E-state index contributed by atoms with van der Waals surface area (Å²) < 4.78 is 5.38. The van der Waals surface area contributed by atoms with E-state index in [2.05, 4.69) is 0 Å². The Hall–Kier alpha value is -1.25. The maximum Gasteiger partial charge on any atom is 0.371 e. The Balaban J connectivity index is 2.05. The lowest BCUT2D eigenvalue weighted by molar-refractivity contribution is 0.0659. The van der Waals surface area contributed by atoms with E-state index in [0.29, 0.717) is 5.92 Å². The van der Waals surface area contributed by atoms with E-state index in [4.69, 9.17) is 9.52 Å². The van der Waals surface area contributed by atoms with E-state index in [1.165, 1.54) is 32.1 Å². The number of aromatic carboxylic acids is 1. The fraction of sp³-hybridized carbons (Fsp3) is 0.615. The summed E-state index contributed by atoms with van der Waals surface area (Å²) in [5, 5.41) is 8.80. The molecule has 3 heteroatoms. The molecule has 0 amide bonds. The van der Waals surface area contributed by atoms with Crippen molar-refractivity contribution in [2.45, 2.75) is 50.9 Å². The van der Waals surface area contributed by atoms with Gasteiger partial charge in [-0.15, -0.1) is 0 Å². The second-order valence-corrected chi connectivity index (χ2v) is 4.55. The zero-order valence-electron chi connectivity index (χ0n) is 9.45. The van der Waals surface area contributed by atoms with Gasteiger partial charge in [0.25, 0.3) is 0 Å². The van der Waals surface area contributed by atoms with Gasteiger partial charge in [0.05, 0.1) is 0 Å². The van der Waals surface area contributed by atoms with Crippen molar-refractivity contribution in [1.82, 2.24) is 0 Å². The minimum atomic E-state index is -0.975. The van der Waals surface area contributed by atoms with E-state index >= 15 is 0 Å². The van der Waals surface area contributed by atoms with Crippen LogP contribution in [0.3, 0.4) is 0 Å². The maximum absolute atomic E-state index is 10.7. The average Bonchev–Trinajstić information content (AvgIpc) is 2.66. The van der Waals surface area contributed by atoms with Crippen LogP contribution in [-0.4, -0.2) is 11.1 Å². The number of hydrogen-bond acceptors (Lipinski definition) is 2. The average molecular weight is 222 g/mol. The van der Waals surface area contributed by atoms with Crippen LogP contribution in [0.15, 0.2) is 16.5 Å². The summed E-state index contributed by atoms with van der Waals surface area (Å²) in [7, 11) is 0. The highest BCUT2D eigenvalue weighted by Crippen LogP contribution is 2.31. The molecule has 0 atom stereocenters. The predicted octanol–water partition coefficient (Wildman–Crippen LogP) is 3.81. The van der Waals surface area contributed by atoms with Crippen LogP contribution in [0.5, 0.6) is 0 Å². The summed E-state index contributed by atoms with van der Waals surface area (Å²) in [6.07, 6.45) is 8.65. The Morgan fingerprint density at radius 3 is 2.31 bits per heavy atom. The Morgan fingerprint density at radius 1 is 1.12 bits per heavy atom. The normalized spacial score (nSPS) is 19.0. The molecule has 0 aromatic carbocycles. The van der Waals surface area contributed by atoms with Crippen LogP contribution in [-0.2, 0) is 0 Å². The SMILES string of the molecule is O=C(O)c1ccc(C2CCCCCCC2)o1. The van der Waals surface area contributed by atoms with Crippen LogP contribution < -0.4 is 0 Å². The molecule has 1 heterocycles. The van der Waals surface area contributed by atoms with Gasteiger partial charge >= 0.3 is 5.97 Å². The molecule has 2 rings (SSSR count). The molecule has 0 spiro atoms. The third-order valence-corrected chi connectivity index (χ3v) is 3.35. The van der Waals surface area contributed by atoms with E-state index in [0.717, 1.165) is 18.6 Å². The highest BCUT2D eigenvalue weighted by molar-refractivity contribution is 5.84. The van der Waals surface area contributed by atoms with E-state index in [1.54, 1.807) is 6.07 Å². The molecule has 16 heavy (non-hydrogen) atoms. The van der Waals surface area contributed by atoms with Crippen molar-refractivity contribution in [2.75, 3.05) is 0 Å². The molecule has 0 saturated heterocycles. The molecule has 0 radical (unpaired) electrons. The Bertz CT molecular complexity index is 346. The lowest BCUT2D eigenvalue weighted by atomic mass is 9.89. The molecule has 88 valence electrons. The first-order chi connectivity index (χ1) is 7.77. The Kier molecular flexibility index (Phi) is 3.65. The van der Waals surface area contributed by atoms with Gasteiger partial charge < -0.3 is 9.52 Å². The predicted molar refractivity (Wildman–Crippen MR) is 60.7 cm³/mol. The van der Waals surface area contributed by atoms with Crippen molar-refractivity contribution >= 4 is 5.97 Å². The lowest BCUT2D eigenvalue weighted by Crippen LogP contribution is -2.01. The molecule has 0 unspecified atom stereocenters. The summed E-state index contributed by atoms with van der Waals surface area (Å²) in [4.78, 5) is 10.7. The summed E-state index contributed by atoms with van der Waals surface area (Å²) in [6, 6.07) is 3.39. The molecule has 1 saturated carbocycles. The van der Waals surface area contributed by atoms with Gasteiger partial charge in [-0.3, -0.25) is 0 Å². The molecule has 0 aliphatic heterocycles. The summed E-state index contributed by atoms with van der Waals surface area (Å²) in [5.74, 6) is 0.377. The maximum atomic E-state index is 10.7. The van der Waals surface area contributed by atoms with E-state index in [-0.39, 0.29) is 5.76 Å². The van der Waals surface area contributed by atoms with E-state index in [1.807, 2.05) is 6.07 Å². The quantitative estimate of drug-likeness (QED) is 0.827. The van der Waals surface area contributed by atoms with Gasteiger partial charge in [-0.25, -0.2) is 4.79 Å². The fourth-order valence-electron chi connectivity index (χ4n) is 2.43. The van der Waals surface area contributed by atoms with Crippen molar-refractivity contribution < 1.29 is 14.3 Å². The number of carbonyl (C=O) groups is 1. The molecule has 0 bridgehead atoms. The first kappa shape index (κ1) is 11.2. The third kappa shape index (κ3) is 2.65. The van der Waals surface area contributed by atoms with Gasteiger partial charge in [0, 0.05) is 5.92 Å². The van der Waals surface area contributed by atoms with Gasteiger partial charge in [-0.05, 0) is 25.0 Å². The van der Waals surface area contributed by atoms with Crippen molar-refractivity contribution in [3.63, 3.8) is 0 Å². The van der Waals surface area contributed by atoms with Crippen LogP contribution in [0.2, 0.25) is 0 Å². The van der Waals surface area contributed by atoms with Gasteiger partial charge in [-0.2, -0.15) is 0 Å². The van der Waals surface area contributed by atoms with Crippen LogP contribution in [0, 0.1) is 0 Å². The monoisotopic (exact) mass is 222 g/mol. The minimum Gasteiger partial charge on any atom is -0.475 e. The standard InChI is InChI=1S/C13H18O3/c14-13(15)12-9-8-11(16-12)10-6-4-2-1-3-5-7-10/h8-10H,1-7H2,(H,14,15). The Labute approximate surface area is 95.5 Å². The lowest BCUT2D eigenvalue weighted by Gasteiger charge is -2.17. The highest BCUT2D eigenvalue weighted by atomic mass is 16.4. The molecule has 1 N–H and O–H groups in total. The first-order valence-corrected chi connectivity index (χ1v) is 6.10. The molecule has 3 nitrogen and oxygen atoms in total. The Morgan fingerprint density at radius 2 is 1.75 bits per heavy atom. The van der Waals surface area contributed by atoms with Crippen LogP contribution in [0.4, 0.5) is 0 Å². The van der Waals surface area contributed by atoms with Crippen molar-refractivity contribution in [3.05, 3.63) is 23.7 Å². The molecule has 1 aromatic heterocycles. The second-order valence-electron chi connectivity index (χ2n) is 4.55.